The van der Waals surface area contributed by atoms with Crippen molar-refractivity contribution in [1.29, 1.82) is 0 Å². The molecule has 336 valence electrons. The van der Waals surface area contributed by atoms with E-state index in [0.29, 0.717) is 11.5 Å². The number of aryl methyl sites for hydroxylation is 4. The van der Waals surface area contributed by atoms with E-state index in [0.717, 1.165) is 145 Å². The molecule has 2 atom stereocenters. The molecule has 0 heterocycles. The van der Waals surface area contributed by atoms with Crippen molar-refractivity contribution >= 4 is 5.57 Å². The van der Waals surface area contributed by atoms with E-state index < -0.39 is 0 Å². The molecule has 2 N–H and O–H groups in total. The summed E-state index contributed by atoms with van der Waals surface area (Å²) in [6, 6.07) is 27.7. The maximum atomic E-state index is 12.4. The molecule has 0 amide bonds. The summed E-state index contributed by atoms with van der Waals surface area (Å²) in [5.41, 5.74) is 20.0. The van der Waals surface area contributed by atoms with Crippen LogP contribution in [0.3, 0.4) is 0 Å². The SMILES string of the molecule is C=C1CCCCC/C=C2/CCCC/C2=C/1c1cc(C)cc(-c2ccccc2O[C@@H]2CCC[C@H](Oc3ccccc3-c3cc(C)cc(-c4c5c(cc6c4CCCC6)CCCC5)c3O)C2)c1O. The van der Waals surface area contributed by atoms with Crippen molar-refractivity contribution < 1.29 is 19.7 Å². The summed E-state index contributed by atoms with van der Waals surface area (Å²) >= 11 is 0. The minimum Gasteiger partial charge on any atom is -0.507 e. The lowest BCUT2D eigenvalue weighted by atomic mass is 9.76. The molecule has 0 radical (unpaired) electrons. The first-order chi connectivity index (χ1) is 31.8. The first kappa shape index (κ1) is 43.4. The molecular formula is C61H68O4. The van der Waals surface area contributed by atoms with Crippen LogP contribution in [0.4, 0.5) is 0 Å². The van der Waals surface area contributed by atoms with Gasteiger partial charge in [-0.1, -0.05) is 61.5 Å². The zero-order valence-corrected chi connectivity index (χ0v) is 39.0. The van der Waals surface area contributed by atoms with Crippen LogP contribution in [0.25, 0.3) is 39.0 Å². The van der Waals surface area contributed by atoms with Crippen LogP contribution in [-0.2, 0) is 25.7 Å². The van der Waals surface area contributed by atoms with Gasteiger partial charge in [0.25, 0.3) is 0 Å². The number of phenols is 2. The van der Waals surface area contributed by atoms with E-state index in [1.807, 2.05) is 18.2 Å². The molecule has 5 aliphatic carbocycles. The first-order valence-electron chi connectivity index (χ1n) is 25.3. The summed E-state index contributed by atoms with van der Waals surface area (Å²) in [5, 5.41) is 24.8. The smallest absolute Gasteiger partial charge is 0.131 e. The maximum Gasteiger partial charge on any atom is 0.131 e. The maximum absolute atomic E-state index is 12.4. The second-order valence-electron chi connectivity index (χ2n) is 20.0. The molecule has 10 rings (SSSR count). The van der Waals surface area contributed by atoms with Crippen LogP contribution in [0, 0.1) is 13.8 Å². The lowest BCUT2D eigenvalue weighted by molar-refractivity contribution is 0.0686. The third-order valence-electron chi connectivity index (χ3n) is 15.3. The molecule has 5 aromatic rings. The van der Waals surface area contributed by atoms with Gasteiger partial charge in [-0.25, -0.2) is 0 Å². The van der Waals surface area contributed by atoms with Crippen LogP contribution >= 0.6 is 0 Å². The van der Waals surface area contributed by atoms with Crippen molar-refractivity contribution in [2.24, 2.45) is 0 Å². The van der Waals surface area contributed by atoms with E-state index in [1.165, 1.54) is 95.9 Å². The molecule has 65 heavy (non-hydrogen) atoms. The fourth-order valence-electron chi connectivity index (χ4n) is 12.1. The van der Waals surface area contributed by atoms with Gasteiger partial charge in [-0.05, 0) is 233 Å². The van der Waals surface area contributed by atoms with Crippen LogP contribution in [0.2, 0.25) is 0 Å². The quantitative estimate of drug-likeness (QED) is 0.163. The van der Waals surface area contributed by atoms with Gasteiger partial charge in [0, 0.05) is 39.8 Å². The lowest BCUT2D eigenvalue weighted by Crippen LogP contribution is -2.32. The van der Waals surface area contributed by atoms with Gasteiger partial charge in [0.05, 0.1) is 0 Å². The Morgan fingerprint density at radius 3 is 1.68 bits per heavy atom. The van der Waals surface area contributed by atoms with Crippen LogP contribution in [0.1, 0.15) is 148 Å². The van der Waals surface area contributed by atoms with Gasteiger partial charge in [-0.2, -0.15) is 0 Å². The molecule has 4 heteroatoms. The number of phenolic OH excluding ortho intramolecular Hbond substituents is 2. The molecule has 0 saturated heterocycles. The predicted octanol–water partition coefficient (Wildman–Crippen LogP) is 16.0. The highest BCUT2D eigenvalue weighted by Crippen LogP contribution is 2.50. The summed E-state index contributed by atoms with van der Waals surface area (Å²) in [6.07, 6.45) is 25.4. The number of benzene rings is 5. The summed E-state index contributed by atoms with van der Waals surface area (Å²) in [5.74, 6) is 2.26. The molecule has 2 saturated carbocycles. The fourth-order valence-corrected chi connectivity index (χ4v) is 12.1. The largest absolute Gasteiger partial charge is 0.507 e. The van der Waals surface area contributed by atoms with E-state index in [4.69, 9.17) is 9.47 Å². The third kappa shape index (κ3) is 8.95. The van der Waals surface area contributed by atoms with Crippen LogP contribution < -0.4 is 9.47 Å². The van der Waals surface area contributed by atoms with Crippen LogP contribution in [-0.4, -0.2) is 22.4 Å². The Balaban J connectivity index is 0.935. The topological polar surface area (TPSA) is 58.9 Å². The van der Waals surface area contributed by atoms with Crippen molar-refractivity contribution in [2.75, 3.05) is 0 Å². The number of allylic oxidation sites excluding steroid dienone is 5. The molecule has 0 unspecified atom stereocenters. The average Bonchev–Trinajstić information content (AvgIpc) is 3.32. The Morgan fingerprint density at radius 1 is 0.508 bits per heavy atom. The Labute approximate surface area is 388 Å². The van der Waals surface area contributed by atoms with Crippen LogP contribution in [0.5, 0.6) is 23.0 Å². The Morgan fingerprint density at radius 2 is 1.03 bits per heavy atom. The fraction of sp³-hybridized carbons (Fsp3) is 0.410. The zero-order valence-electron chi connectivity index (χ0n) is 39.0. The number of rotatable bonds is 8. The van der Waals surface area contributed by atoms with Gasteiger partial charge >= 0.3 is 0 Å². The van der Waals surface area contributed by atoms with E-state index >= 15 is 0 Å². The molecule has 2 fully saturated rings. The number of aromatic hydroxyl groups is 2. The van der Waals surface area contributed by atoms with Gasteiger partial charge in [0.1, 0.15) is 35.2 Å². The summed E-state index contributed by atoms with van der Waals surface area (Å²) in [6.45, 7) is 8.97. The van der Waals surface area contributed by atoms with E-state index in [1.54, 1.807) is 0 Å². The summed E-state index contributed by atoms with van der Waals surface area (Å²) in [4.78, 5) is 0. The molecule has 0 aromatic heterocycles. The van der Waals surface area contributed by atoms with Gasteiger partial charge in [-0.15, -0.1) is 0 Å². The lowest BCUT2D eigenvalue weighted by Gasteiger charge is -2.31. The average molecular weight is 865 g/mol. The number of hydrogen-bond acceptors (Lipinski definition) is 4. The highest BCUT2D eigenvalue weighted by molar-refractivity contribution is 5.91. The van der Waals surface area contributed by atoms with Gasteiger partial charge < -0.3 is 19.7 Å². The number of fused-ring (bicyclic) bond motifs is 3. The Hall–Kier alpha value is -5.48. The summed E-state index contributed by atoms with van der Waals surface area (Å²) < 4.78 is 14.0. The molecule has 0 spiro atoms. The number of ether oxygens (including phenoxy) is 2. The Bertz CT molecular complexity index is 2640. The molecule has 5 aliphatic rings. The van der Waals surface area contributed by atoms with E-state index in [-0.39, 0.29) is 12.2 Å². The van der Waals surface area contributed by atoms with Crippen molar-refractivity contribution in [2.45, 2.75) is 161 Å². The highest BCUT2D eigenvalue weighted by Gasteiger charge is 2.30. The van der Waals surface area contributed by atoms with Gasteiger partial charge in [0.2, 0.25) is 0 Å². The molecule has 4 nitrogen and oxygen atoms in total. The minimum absolute atomic E-state index is 0.0506. The zero-order chi connectivity index (χ0) is 44.4. The number of para-hydroxylation sites is 2. The van der Waals surface area contributed by atoms with E-state index in [2.05, 4.69) is 87.2 Å². The number of hydrogen-bond donors (Lipinski definition) is 2. The normalized spacial score (nSPS) is 22.2. The second kappa shape index (κ2) is 19.2. The predicted molar refractivity (Wildman–Crippen MR) is 268 cm³/mol. The van der Waals surface area contributed by atoms with Crippen molar-refractivity contribution in [1.82, 2.24) is 0 Å². The molecule has 0 bridgehead atoms. The summed E-state index contributed by atoms with van der Waals surface area (Å²) in [7, 11) is 0. The van der Waals surface area contributed by atoms with Crippen molar-refractivity contribution in [3.05, 3.63) is 147 Å². The molecule has 0 aliphatic heterocycles. The van der Waals surface area contributed by atoms with E-state index in [9.17, 15) is 10.2 Å². The van der Waals surface area contributed by atoms with Gasteiger partial charge in [-0.3, -0.25) is 0 Å². The van der Waals surface area contributed by atoms with Crippen molar-refractivity contribution in [3.8, 4) is 56.4 Å². The monoisotopic (exact) mass is 865 g/mol. The molecular weight excluding hydrogens is 797 g/mol. The second-order valence-corrected chi connectivity index (χ2v) is 20.0. The Kier molecular flexibility index (Phi) is 12.8. The first-order valence-corrected chi connectivity index (χ1v) is 25.3. The van der Waals surface area contributed by atoms with Crippen molar-refractivity contribution in [3.63, 3.8) is 0 Å². The van der Waals surface area contributed by atoms with Crippen LogP contribution in [0.15, 0.2) is 108 Å². The highest BCUT2D eigenvalue weighted by atomic mass is 16.5. The minimum atomic E-state index is -0.0548. The standard InChI is InChI=1S/C61H68O4/c1-39-33-52(60(62)54(35-39)58-41(3)19-6-4-5-7-20-42-21-8-11-26-47(42)58)50-29-14-16-31-56(50)64-45-24-18-25-46(38-45)65-57-32-17-15-30-51(57)53-34-40(2)36-55(61(53)63)59-48-27-12-9-22-43(48)37-44-23-10-13-28-49(44)59/h14-17,20,29-37,45-46,62-63H,3-13,18-19,21-28,38H2,1-2H3/b42-20-,58-47+/t45-,46+/m1/s1. The third-order valence-corrected chi connectivity index (χ3v) is 15.3. The van der Waals surface area contributed by atoms with Gasteiger partial charge in [0.15, 0.2) is 0 Å². The molecule has 5 aromatic carbocycles.